The van der Waals surface area contributed by atoms with Gasteiger partial charge < -0.3 is 5.11 Å². The average Bonchev–Trinajstić information content (AvgIpc) is 2.82. The quantitative estimate of drug-likeness (QED) is 0.744. The second kappa shape index (κ2) is 6.85. The second-order valence-corrected chi connectivity index (χ2v) is 6.92. The molecular weight excluding hydrogens is 282 g/mol. The number of aliphatic carboxylic acids is 1. The number of sulfonamides is 1. The summed E-state index contributed by atoms with van der Waals surface area (Å²) in [5.41, 5.74) is 0. The Morgan fingerprint density at radius 3 is 2.65 bits per heavy atom. The molecule has 0 bridgehead atoms. The molecule has 0 amide bonds. The van der Waals surface area contributed by atoms with Crippen LogP contribution in [0.15, 0.2) is 17.3 Å². The van der Waals surface area contributed by atoms with Gasteiger partial charge in [-0.2, -0.15) is 5.10 Å². The van der Waals surface area contributed by atoms with Crippen molar-refractivity contribution in [2.45, 2.75) is 38.6 Å². The zero-order chi connectivity index (χ0) is 15.3. The lowest BCUT2D eigenvalue weighted by molar-refractivity contribution is -0.137. The number of hydrogen-bond donors (Lipinski definition) is 2. The van der Waals surface area contributed by atoms with Crippen molar-refractivity contribution in [3.63, 3.8) is 0 Å². The summed E-state index contributed by atoms with van der Waals surface area (Å²) in [4.78, 5) is 10.5. The standard InChI is InChI=1S/C12H21N3O4S/c1-9(2)10(3)6-14-20(18,19)11-7-13-15(8-11)5-4-12(16)17/h7-10,14H,4-6H2,1-3H3,(H,16,17). The van der Waals surface area contributed by atoms with Gasteiger partial charge in [-0.05, 0) is 11.8 Å². The van der Waals surface area contributed by atoms with E-state index in [1.807, 2.05) is 20.8 Å². The van der Waals surface area contributed by atoms with Gasteiger partial charge in [0, 0.05) is 12.7 Å². The van der Waals surface area contributed by atoms with Crippen molar-refractivity contribution >= 4 is 16.0 Å². The van der Waals surface area contributed by atoms with E-state index in [0.717, 1.165) is 0 Å². The summed E-state index contributed by atoms with van der Waals surface area (Å²) in [6.07, 6.45) is 2.47. The SMILES string of the molecule is CC(C)C(C)CNS(=O)(=O)c1cnn(CCC(=O)O)c1. The topological polar surface area (TPSA) is 101 Å². The van der Waals surface area contributed by atoms with Crippen molar-refractivity contribution in [3.8, 4) is 0 Å². The number of nitrogens with one attached hydrogen (secondary N) is 1. The number of aromatic nitrogens is 2. The summed E-state index contributed by atoms with van der Waals surface area (Å²) >= 11 is 0. The molecule has 0 aliphatic heterocycles. The van der Waals surface area contributed by atoms with Gasteiger partial charge >= 0.3 is 5.97 Å². The molecule has 7 nitrogen and oxygen atoms in total. The molecule has 0 spiro atoms. The van der Waals surface area contributed by atoms with Crippen LogP contribution in [0.3, 0.4) is 0 Å². The zero-order valence-corrected chi connectivity index (χ0v) is 12.7. The first kappa shape index (κ1) is 16.6. The molecule has 1 rings (SSSR count). The number of carboxylic acid groups (broad SMARTS) is 1. The maximum atomic E-state index is 12.0. The third-order valence-electron chi connectivity index (χ3n) is 3.21. The van der Waals surface area contributed by atoms with Gasteiger partial charge in [-0.15, -0.1) is 0 Å². The van der Waals surface area contributed by atoms with Gasteiger partial charge in [-0.3, -0.25) is 9.48 Å². The molecule has 114 valence electrons. The molecule has 0 saturated heterocycles. The summed E-state index contributed by atoms with van der Waals surface area (Å²) in [5.74, 6) is -0.336. The highest BCUT2D eigenvalue weighted by molar-refractivity contribution is 7.89. The van der Waals surface area contributed by atoms with Crippen LogP contribution in [0, 0.1) is 11.8 Å². The summed E-state index contributed by atoms with van der Waals surface area (Å²) in [6.45, 7) is 6.54. The molecule has 0 radical (unpaired) electrons. The van der Waals surface area contributed by atoms with E-state index in [1.165, 1.54) is 17.1 Å². The van der Waals surface area contributed by atoms with E-state index in [-0.39, 0.29) is 23.8 Å². The maximum absolute atomic E-state index is 12.0. The first-order chi connectivity index (χ1) is 9.22. The average molecular weight is 303 g/mol. The van der Waals surface area contributed by atoms with Crippen LogP contribution in [0.5, 0.6) is 0 Å². The summed E-state index contributed by atoms with van der Waals surface area (Å²) in [7, 11) is -3.59. The van der Waals surface area contributed by atoms with E-state index in [1.54, 1.807) is 0 Å². The largest absolute Gasteiger partial charge is 0.481 e. The highest BCUT2D eigenvalue weighted by atomic mass is 32.2. The van der Waals surface area contributed by atoms with Gasteiger partial charge in [0.2, 0.25) is 10.0 Å². The smallest absolute Gasteiger partial charge is 0.305 e. The van der Waals surface area contributed by atoms with E-state index in [0.29, 0.717) is 12.5 Å². The Balaban J connectivity index is 2.66. The van der Waals surface area contributed by atoms with E-state index in [4.69, 9.17) is 5.11 Å². The van der Waals surface area contributed by atoms with Crippen molar-refractivity contribution in [1.29, 1.82) is 0 Å². The molecule has 0 aliphatic carbocycles. The fourth-order valence-electron chi connectivity index (χ4n) is 1.38. The predicted molar refractivity (Wildman–Crippen MR) is 73.7 cm³/mol. The summed E-state index contributed by atoms with van der Waals surface area (Å²) in [5, 5.41) is 12.4. The van der Waals surface area contributed by atoms with Crippen LogP contribution in [-0.2, 0) is 21.4 Å². The second-order valence-electron chi connectivity index (χ2n) is 5.16. The number of nitrogens with zero attached hydrogens (tertiary/aromatic N) is 2. The Bertz CT molecular complexity index is 551. The fourth-order valence-corrected chi connectivity index (χ4v) is 2.47. The zero-order valence-electron chi connectivity index (χ0n) is 11.9. The molecule has 0 fully saturated rings. The maximum Gasteiger partial charge on any atom is 0.305 e. The lowest BCUT2D eigenvalue weighted by Gasteiger charge is -2.15. The van der Waals surface area contributed by atoms with E-state index >= 15 is 0 Å². The van der Waals surface area contributed by atoms with Gasteiger partial charge in [0.15, 0.2) is 0 Å². The van der Waals surface area contributed by atoms with E-state index in [9.17, 15) is 13.2 Å². The molecule has 1 unspecified atom stereocenters. The third kappa shape index (κ3) is 4.93. The molecule has 20 heavy (non-hydrogen) atoms. The Morgan fingerprint density at radius 1 is 1.45 bits per heavy atom. The van der Waals surface area contributed by atoms with Crippen molar-refractivity contribution in [1.82, 2.24) is 14.5 Å². The van der Waals surface area contributed by atoms with Crippen LogP contribution in [0.1, 0.15) is 27.2 Å². The predicted octanol–water partition coefficient (Wildman–Crippen LogP) is 0.928. The van der Waals surface area contributed by atoms with Crippen LogP contribution < -0.4 is 4.72 Å². The lowest BCUT2D eigenvalue weighted by Crippen LogP contribution is -2.30. The van der Waals surface area contributed by atoms with Crippen LogP contribution in [0.25, 0.3) is 0 Å². The molecule has 1 aromatic heterocycles. The van der Waals surface area contributed by atoms with Crippen molar-refractivity contribution < 1.29 is 18.3 Å². The molecular formula is C12H21N3O4S. The number of hydrogen-bond acceptors (Lipinski definition) is 4. The number of carbonyl (C=O) groups is 1. The Hall–Kier alpha value is -1.41. The van der Waals surface area contributed by atoms with E-state index < -0.39 is 16.0 Å². The molecule has 1 heterocycles. The van der Waals surface area contributed by atoms with Crippen LogP contribution in [0.2, 0.25) is 0 Å². The number of carboxylic acids is 1. The van der Waals surface area contributed by atoms with Gasteiger partial charge in [0.05, 0.1) is 19.2 Å². The van der Waals surface area contributed by atoms with Gasteiger partial charge in [-0.25, -0.2) is 13.1 Å². The molecule has 1 atom stereocenters. The number of rotatable bonds is 8. The monoisotopic (exact) mass is 303 g/mol. The first-order valence-corrected chi connectivity index (χ1v) is 7.94. The van der Waals surface area contributed by atoms with Crippen molar-refractivity contribution in [2.24, 2.45) is 11.8 Å². The summed E-state index contributed by atoms with van der Waals surface area (Å²) in [6, 6.07) is 0. The van der Waals surface area contributed by atoms with Crippen LogP contribution >= 0.6 is 0 Å². The highest BCUT2D eigenvalue weighted by Crippen LogP contribution is 2.11. The molecule has 0 aromatic carbocycles. The molecule has 0 saturated carbocycles. The Morgan fingerprint density at radius 2 is 2.10 bits per heavy atom. The first-order valence-electron chi connectivity index (χ1n) is 6.46. The minimum absolute atomic E-state index is 0.0545. The number of aryl methyl sites for hydroxylation is 1. The Labute approximate surface area is 119 Å². The molecule has 1 aromatic rings. The van der Waals surface area contributed by atoms with Crippen LogP contribution in [-0.4, -0.2) is 35.8 Å². The van der Waals surface area contributed by atoms with Crippen LogP contribution in [0.4, 0.5) is 0 Å². The highest BCUT2D eigenvalue weighted by Gasteiger charge is 2.18. The van der Waals surface area contributed by atoms with Gasteiger partial charge in [0.25, 0.3) is 0 Å². The molecule has 8 heteroatoms. The molecule has 2 N–H and O–H groups in total. The van der Waals surface area contributed by atoms with Crippen molar-refractivity contribution in [2.75, 3.05) is 6.54 Å². The minimum Gasteiger partial charge on any atom is -0.481 e. The fraction of sp³-hybridized carbons (Fsp3) is 0.667. The Kier molecular flexibility index (Phi) is 5.70. The van der Waals surface area contributed by atoms with E-state index in [2.05, 4.69) is 9.82 Å². The summed E-state index contributed by atoms with van der Waals surface area (Å²) < 4.78 is 27.9. The van der Waals surface area contributed by atoms with Crippen molar-refractivity contribution in [3.05, 3.63) is 12.4 Å². The van der Waals surface area contributed by atoms with Gasteiger partial charge in [0.1, 0.15) is 4.90 Å². The molecule has 0 aliphatic rings. The third-order valence-corrected chi connectivity index (χ3v) is 4.59. The lowest BCUT2D eigenvalue weighted by atomic mass is 9.99. The minimum atomic E-state index is -3.59. The normalized spacial score (nSPS) is 13.6. The van der Waals surface area contributed by atoms with Gasteiger partial charge in [-0.1, -0.05) is 20.8 Å².